The summed E-state index contributed by atoms with van der Waals surface area (Å²) in [6, 6.07) is 5.87. The van der Waals surface area contributed by atoms with Gasteiger partial charge in [-0.25, -0.2) is 4.98 Å². The lowest BCUT2D eigenvalue weighted by molar-refractivity contribution is 1.16. The molecule has 2 aromatic heterocycles. The Morgan fingerprint density at radius 2 is 2.38 bits per heavy atom. The number of aromatic nitrogens is 2. The summed E-state index contributed by atoms with van der Waals surface area (Å²) in [4.78, 5) is 4.21. The Morgan fingerprint density at radius 3 is 3.23 bits per heavy atom. The van der Waals surface area contributed by atoms with Crippen LogP contribution < -0.4 is 0 Å². The third-order valence-corrected chi connectivity index (χ3v) is 1.87. The Morgan fingerprint density at radius 1 is 1.46 bits per heavy atom. The third kappa shape index (κ3) is 1.53. The minimum atomic E-state index is 0.570. The van der Waals surface area contributed by atoms with Crippen LogP contribution in [0.5, 0.6) is 0 Å². The van der Waals surface area contributed by atoms with Crippen LogP contribution in [0.4, 0.5) is 0 Å². The molecule has 0 aliphatic carbocycles. The zero-order valence-electron chi connectivity index (χ0n) is 6.94. The van der Waals surface area contributed by atoms with Crippen molar-refractivity contribution >= 4 is 18.3 Å². The largest absolute Gasteiger partial charge is 0.293 e. The van der Waals surface area contributed by atoms with Crippen LogP contribution in [0.25, 0.3) is 5.65 Å². The number of hydrogen-bond acceptors (Lipinski definition) is 2. The standard InChI is InChI=1S/C10H8N2S/c13-7-3-4-9-8-11-10-5-1-2-6-12(9)10/h1-2,5-6,8,13H,7H2. The predicted molar refractivity (Wildman–Crippen MR) is 55.9 cm³/mol. The molecule has 0 aromatic carbocycles. The average Bonchev–Trinajstić information content (AvgIpc) is 2.58. The van der Waals surface area contributed by atoms with Gasteiger partial charge in [0.1, 0.15) is 11.3 Å². The van der Waals surface area contributed by atoms with Gasteiger partial charge in [0, 0.05) is 6.20 Å². The van der Waals surface area contributed by atoms with Gasteiger partial charge in [-0.05, 0) is 18.1 Å². The van der Waals surface area contributed by atoms with Crippen LogP contribution in [0.2, 0.25) is 0 Å². The van der Waals surface area contributed by atoms with Crippen molar-refractivity contribution in [1.82, 2.24) is 9.38 Å². The second kappa shape index (κ2) is 3.55. The summed E-state index contributed by atoms with van der Waals surface area (Å²) < 4.78 is 1.95. The first-order valence-corrected chi connectivity index (χ1v) is 4.57. The minimum Gasteiger partial charge on any atom is -0.293 e. The van der Waals surface area contributed by atoms with Gasteiger partial charge in [0.2, 0.25) is 0 Å². The van der Waals surface area contributed by atoms with E-state index in [0.717, 1.165) is 11.3 Å². The molecule has 0 aliphatic rings. The number of pyridine rings is 1. The van der Waals surface area contributed by atoms with Crippen molar-refractivity contribution in [1.29, 1.82) is 0 Å². The lowest BCUT2D eigenvalue weighted by Crippen LogP contribution is -1.85. The van der Waals surface area contributed by atoms with Crippen molar-refractivity contribution in [2.24, 2.45) is 0 Å². The average molecular weight is 188 g/mol. The molecule has 64 valence electrons. The number of fused-ring (bicyclic) bond motifs is 1. The molecule has 0 radical (unpaired) electrons. The molecule has 0 N–H and O–H groups in total. The molecule has 2 heterocycles. The van der Waals surface area contributed by atoms with Gasteiger partial charge >= 0.3 is 0 Å². The van der Waals surface area contributed by atoms with Crippen molar-refractivity contribution in [2.75, 3.05) is 5.75 Å². The van der Waals surface area contributed by atoms with Crippen LogP contribution >= 0.6 is 12.6 Å². The van der Waals surface area contributed by atoms with E-state index >= 15 is 0 Å². The third-order valence-electron chi connectivity index (χ3n) is 1.71. The molecule has 0 unspecified atom stereocenters. The summed E-state index contributed by atoms with van der Waals surface area (Å²) in [5, 5.41) is 0. The highest BCUT2D eigenvalue weighted by Gasteiger charge is 1.96. The molecule has 2 nitrogen and oxygen atoms in total. The SMILES string of the molecule is SCC#Cc1cnc2ccccn12. The van der Waals surface area contributed by atoms with Gasteiger partial charge in [-0.2, -0.15) is 12.6 Å². The minimum absolute atomic E-state index is 0.570. The lowest BCUT2D eigenvalue weighted by Gasteiger charge is -1.91. The Balaban J connectivity index is 2.58. The predicted octanol–water partition coefficient (Wildman–Crippen LogP) is 1.62. The highest BCUT2D eigenvalue weighted by Crippen LogP contribution is 2.03. The molecule has 0 bridgehead atoms. The van der Waals surface area contributed by atoms with Crippen LogP contribution in [-0.4, -0.2) is 15.1 Å². The lowest BCUT2D eigenvalue weighted by atomic mass is 10.4. The fourth-order valence-electron chi connectivity index (χ4n) is 1.16. The van der Waals surface area contributed by atoms with Crippen molar-refractivity contribution < 1.29 is 0 Å². The van der Waals surface area contributed by atoms with E-state index in [-0.39, 0.29) is 0 Å². The Bertz CT molecular complexity index is 476. The molecule has 2 rings (SSSR count). The smallest absolute Gasteiger partial charge is 0.137 e. The van der Waals surface area contributed by atoms with E-state index in [1.54, 1.807) is 6.20 Å². The molecule has 2 aromatic rings. The maximum absolute atomic E-state index is 4.21. The van der Waals surface area contributed by atoms with E-state index in [2.05, 4.69) is 29.5 Å². The molecule has 0 saturated carbocycles. The Labute approximate surface area is 82.0 Å². The molecule has 0 amide bonds. The zero-order valence-corrected chi connectivity index (χ0v) is 7.83. The summed E-state index contributed by atoms with van der Waals surface area (Å²) in [6.07, 6.45) is 3.72. The number of rotatable bonds is 0. The summed E-state index contributed by atoms with van der Waals surface area (Å²) >= 11 is 4.02. The van der Waals surface area contributed by atoms with Crippen molar-refractivity contribution in [3.8, 4) is 11.8 Å². The quantitative estimate of drug-likeness (QED) is 0.491. The van der Waals surface area contributed by atoms with E-state index < -0.39 is 0 Å². The molecular weight excluding hydrogens is 180 g/mol. The highest BCUT2D eigenvalue weighted by molar-refractivity contribution is 7.80. The van der Waals surface area contributed by atoms with Crippen LogP contribution in [0.1, 0.15) is 5.69 Å². The molecule has 0 spiro atoms. The van der Waals surface area contributed by atoms with Gasteiger partial charge in [-0.3, -0.25) is 4.40 Å². The maximum atomic E-state index is 4.21. The molecular formula is C10H8N2S. The second-order valence-electron chi connectivity index (χ2n) is 2.53. The Kier molecular flexibility index (Phi) is 2.24. The van der Waals surface area contributed by atoms with Gasteiger partial charge in [0.25, 0.3) is 0 Å². The van der Waals surface area contributed by atoms with E-state index in [4.69, 9.17) is 0 Å². The van der Waals surface area contributed by atoms with Crippen molar-refractivity contribution in [3.63, 3.8) is 0 Å². The van der Waals surface area contributed by atoms with Crippen LogP contribution in [0.15, 0.2) is 30.6 Å². The zero-order chi connectivity index (χ0) is 9.10. The number of thiol groups is 1. The molecule has 0 saturated heterocycles. The maximum Gasteiger partial charge on any atom is 0.137 e. The first-order valence-electron chi connectivity index (χ1n) is 3.93. The van der Waals surface area contributed by atoms with E-state index in [1.165, 1.54) is 0 Å². The van der Waals surface area contributed by atoms with Crippen molar-refractivity contribution in [3.05, 3.63) is 36.3 Å². The van der Waals surface area contributed by atoms with Crippen molar-refractivity contribution in [2.45, 2.75) is 0 Å². The van der Waals surface area contributed by atoms with Gasteiger partial charge in [0.05, 0.1) is 11.9 Å². The Hall–Kier alpha value is -1.40. The fraction of sp³-hybridized carbons (Fsp3) is 0.100. The number of imidazole rings is 1. The van der Waals surface area contributed by atoms with Gasteiger partial charge in [0.15, 0.2) is 0 Å². The van der Waals surface area contributed by atoms with Crippen LogP contribution in [0.3, 0.4) is 0 Å². The van der Waals surface area contributed by atoms with Gasteiger partial charge < -0.3 is 0 Å². The van der Waals surface area contributed by atoms with Crippen LogP contribution in [0, 0.1) is 11.8 Å². The van der Waals surface area contributed by atoms with Gasteiger partial charge in [-0.15, -0.1) is 0 Å². The van der Waals surface area contributed by atoms with Gasteiger partial charge in [-0.1, -0.05) is 12.0 Å². The normalized spacial score (nSPS) is 9.62. The monoisotopic (exact) mass is 188 g/mol. The summed E-state index contributed by atoms with van der Waals surface area (Å²) in [5.41, 5.74) is 1.83. The topological polar surface area (TPSA) is 17.3 Å². The fourth-order valence-corrected chi connectivity index (χ4v) is 1.23. The molecule has 13 heavy (non-hydrogen) atoms. The second-order valence-corrected chi connectivity index (χ2v) is 2.85. The first kappa shape index (κ1) is 8.21. The van der Waals surface area contributed by atoms with E-state index in [0.29, 0.717) is 5.75 Å². The number of nitrogens with zero attached hydrogens (tertiary/aromatic N) is 2. The molecule has 3 heteroatoms. The first-order chi connectivity index (χ1) is 6.42. The summed E-state index contributed by atoms with van der Waals surface area (Å²) in [5.74, 6) is 6.46. The highest BCUT2D eigenvalue weighted by atomic mass is 32.1. The molecule has 0 aliphatic heterocycles. The van der Waals surface area contributed by atoms with E-state index in [1.807, 2.05) is 28.8 Å². The summed E-state index contributed by atoms with van der Waals surface area (Å²) in [6.45, 7) is 0. The summed E-state index contributed by atoms with van der Waals surface area (Å²) in [7, 11) is 0. The molecule has 0 fully saturated rings. The van der Waals surface area contributed by atoms with Crippen LogP contribution in [-0.2, 0) is 0 Å². The number of hydrogen-bond donors (Lipinski definition) is 1. The molecule has 0 atom stereocenters. The van der Waals surface area contributed by atoms with E-state index in [9.17, 15) is 0 Å².